The van der Waals surface area contributed by atoms with E-state index in [-0.39, 0.29) is 0 Å². The predicted molar refractivity (Wildman–Crippen MR) is 97.1 cm³/mol. The second-order valence-electron chi connectivity index (χ2n) is 4.70. The summed E-state index contributed by atoms with van der Waals surface area (Å²) in [5.41, 5.74) is 1.03. The number of nitrogens with one attached hydrogen (secondary N) is 1. The predicted octanol–water partition coefficient (Wildman–Crippen LogP) is 3.69. The first-order valence-corrected chi connectivity index (χ1v) is 8.39. The summed E-state index contributed by atoms with van der Waals surface area (Å²) < 4.78 is 0. The van der Waals surface area contributed by atoms with Gasteiger partial charge in [0, 0.05) is 16.8 Å². The molecule has 1 aliphatic heterocycles. The van der Waals surface area contributed by atoms with E-state index in [4.69, 9.17) is 23.8 Å². The Morgan fingerprint density at radius 2 is 2.38 bits per heavy atom. The molecule has 0 bridgehead atoms. The maximum absolute atomic E-state index is 6.26. The molecule has 3 nitrogen and oxygen atoms in total. The summed E-state index contributed by atoms with van der Waals surface area (Å²) in [4.78, 5) is 6.59. The Bertz CT molecular complexity index is 560. The van der Waals surface area contributed by atoms with Gasteiger partial charge in [0.2, 0.25) is 0 Å². The molecule has 0 spiro atoms. The van der Waals surface area contributed by atoms with Crippen LogP contribution in [0.1, 0.15) is 12.5 Å². The monoisotopic (exact) mass is 339 g/mol. The van der Waals surface area contributed by atoms with Crippen molar-refractivity contribution in [2.45, 2.75) is 18.7 Å². The molecule has 1 aromatic rings. The highest BCUT2D eigenvalue weighted by molar-refractivity contribution is 8.14. The second-order valence-corrected chi connectivity index (χ2v) is 6.90. The van der Waals surface area contributed by atoms with Crippen molar-refractivity contribution in [3.63, 3.8) is 0 Å². The summed E-state index contributed by atoms with van der Waals surface area (Å²) in [5.74, 6) is 0. The zero-order valence-electron chi connectivity index (χ0n) is 11.9. The largest absolute Gasteiger partial charge is 0.359 e. The lowest BCUT2D eigenvalue weighted by Gasteiger charge is -2.25. The highest BCUT2D eigenvalue weighted by Gasteiger charge is 2.24. The van der Waals surface area contributed by atoms with E-state index in [1.54, 1.807) is 17.8 Å². The van der Waals surface area contributed by atoms with Gasteiger partial charge >= 0.3 is 0 Å². The summed E-state index contributed by atoms with van der Waals surface area (Å²) in [5, 5.41) is 5.99. The quantitative estimate of drug-likeness (QED) is 0.668. The standard InChI is InChI=1S/C15H18ClN3S2/c1-3-8-17-14(20)19(15-18-9-11(2)21-15)10-12-6-4-5-7-13(12)16/h3-7,11H,1,8-10H2,2H3,(H,17,20)/t11-/m1/s1. The molecule has 0 radical (unpaired) electrons. The number of amidine groups is 1. The molecule has 1 aromatic carbocycles. The minimum absolute atomic E-state index is 0.482. The smallest absolute Gasteiger partial charge is 0.175 e. The molecule has 0 fully saturated rings. The van der Waals surface area contributed by atoms with Crippen LogP contribution in [0.2, 0.25) is 5.02 Å². The van der Waals surface area contributed by atoms with Gasteiger partial charge in [-0.15, -0.1) is 6.58 Å². The van der Waals surface area contributed by atoms with Crippen LogP contribution in [0.25, 0.3) is 0 Å². The van der Waals surface area contributed by atoms with E-state index in [2.05, 4.69) is 23.8 Å². The van der Waals surface area contributed by atoms with Gasteiger partial charge < -0.3 is 5.32 Å². The molecule has 0 unspecified atom stereocenters. The SMILES string of the molecule is C=CCNC(=S)N(Cc1ccccc1Cl)C1=NC[C@@H](C)S1. The summed E-state index contributed by atoms with van der Waals surface area (Å²) >= 11 is 13.5. The molecule has 0 aromatic heterocycles. The van der Waals surface area contributed by atoms with Crippen LogP contribution in [0.4, 0.5) is 0 Å². The van der Waals surface area contributed by atoms with Crippen molar-refractivity contribution in [1.82, 2.24) is 10.2 Å². The van der Waals surface area contributed by atoms with Gasteiger partial charge in [-0.3, -0.25) is 9.89 Å². The van der Waals surface area contributed by atoms with Crippen LogP contribution in [0.3, 0.4) is 0 Å². The highest BCUT2D eigenvalue weighted by atomic mass is 35.5. The fraction of sp³-hybridized carbons (Fsp3) is 0.333. The van der Waals surface area contributed by atoms with E-state index < -0.39 is 0 Å². The first-order chi connectivity index (χ1) is 10.1. The van der Waals surface area contributed by atoms with E-state index in [0.717, 1.165) is 22.3 Å². The lowest BCUT2D eigenvalue weighted by atomic mass is 10.2. The molecular weight excluding hydrogens is 322 g/mol. The molecular formula is C15H18ClN3S2. The van der Waals surface area contributed by atoms with Gasteiger partial charge in [-0.1, -0.05) is 54.6 Å². The second kappa shape index (κ2) is 7.82. The Kier molecular flexibility index (Phi) is 6.08. The van der Waals surface area contributed by atoms with Gasteiger partial charge in [0.25, 0.3) is 0 Å². The number of hydrogen-bond acceptors (Lipinski definition) is 3. The first kappa shape index (κ1) is 16.3. The third-order valence-corrected chi connectivity index (χ3v) is 4.80. The molecule has 0 amide bonds. The van der Waals surface area contributed by atoms with E-state index >= 15 is 0 Å². The summed E-state index contributed by atoms with van der Waals surface area (Å²) in [6, 6.07) is 7.80. The van der Waals surface area contributed by atoms with Crippen molar-refractivity contribution in [1.29, 1.82) is 0 Å². The fourth-order valence-electron chi connectivity index (χ4n) is 1.89. The van der Waals surface area contributed by atoms with Crippen LogP contribution in [-0.2, 0) is 6.54 Å². The lowest BCUT2D eigenvalue weighted by Crippen LogP contribution is -2.41. The summed E-state index contributed by atoms with van der Waals surface area (Å²) in [6.45, 7) is 7.93. The Morgan fingerprint density at radius 3 is 3.00 bits per heavy atom. The number of thioether (sulfide) groups is 1. The Labute approximate surface area is 140 Å². The minimum Gasteiger partial charge on any atom is -0.359 e. The lowest BCUT2D eigenvalue weighted by molar-refractivity contribution is 0.601. The molecule has 6 heteroatoms. The molecule has 0 saturated heterocycles. The maximum atomic E-state index is 6.26. The van der Waals surface area contributed by atoms with Crippen molar-refractivity contribution in [2.24, 2.45) is 4.99 Å². The number of nitrogens with zero attached hydrogens (tertiary/aromatic N) is 2. The van der Waals surface area contributed by atoms with Crippen LogP contribution >= 0.6 is 35.6 Å². The van der Waals surface area contributed by atoms with E-state index in [0.29, 0.717) is 23.5 Å². The van der Waals surface area contributed by atoms with Gasteiger partial charge in [-0.25, -0.2) is 0 Å². The molecule has 2 rings (SSSR count). The van der Waals surface area contributed by atoms with Crippen LogP contribution < -0.4 is 5.32 Å². The number of hydrogen-bond donors (Lipinski definition) is 1. The molecule has 0 aliphatic carbocycles. The fourth-order valence-corrected chi connectivity index (χ4v) is 3.32. The zero-order valence-corrected chi connectivity index (χ0v) is 14.3. The topological polar surface area (TPSA) is 27.6 Å². The molecule has 112 valence electrons. The summed E-state index contributed by atoms with van der Waals surface area (Å²) in [6.07, 6.45) is 1.78. The van der Waals surface area contributed by atoms with Crippen LogP contribution in [-0.4, -0.2) is 33.5 Å². The van der Waals surface area contributed by atoms with E-state index in [1.165, 1.54) is 0 Å². The number of benzene rings is 1. The molecule has 1 heterocycles. The van der Waals surface area contributed by atoms with Gasteiger partial charge in [0.05, 0.1) is 13.1 Å². The van der Waals surface area contributed by atoms with Crippen LogP contribution in [0.15, 0.2) is 41.9 Å². The average molecular weight is 340 g/mol. The Hall–Kier alpha value is -1.04. The normalized spacial score (nSPS) is 17.2. The van der Waals surface area contributed by atoms with E-state index in [9.17, 15) is 0 Å². The average Bonchev–Trinajstić information content (AvgIpc) is 2.90. The van der Waals surface area contributed by atoms with Gasteiger partial charge in [-0.05, 0) is 23.8 Å². The molecule has 1 N–H and O–H groups in total. The molecule has 1 atom stereocenters. The first-order valence-electron chi connectivity index (χ1n) is 6.72. The number of aliphatic imine (C=N–C) groups is 1. The zero-order chi connectivity index (χ0) is 15.2. The number of halogens is 1. The molecule has 0 saturated carbocycles. The highest BCUT2D eigenvalue weighted by Crippen LogP contribution is 2.26. The third-order valence-electron chi connectivity index (χ3n) is 2.95. The number of thiocarbonyl (C=S) groups is 1. The maximum Gasteiger partial charge on any atom is 0.175 e. The van der Waals surface area contributed by atoms with E-state index in [1.807, 2.05) is 29.2 Å². The summed E-state index contributed by atoms with van der Waals surface area (Å²) in [7, 11) is 0. The number of rotatable bonds is 4. The Balaban J connectivity index is 2.17. The van der Waals surface area contributed by atoms with Crippen LogP contribution in [0.5, 0.6) is 0 Å². The van der Waals surface area contributed by atoms with Crippen LogP contribution in [0, 0.1) is 0 Å². The van der Waals surface area contributed by atoms with Crippen molar-refractivity contribution < 1.29 is 0 Å². The minimum atomic E-state index is 0.482. The van der Waals surface area contributed by atoms with Gasteiger partial charge in [0.15, 0.2) is 10.3 Å². The van der Waals surface area contributed by atoms with Crippen molar-refractivity contribution >= 4 is 45.9 Å². The van der Waals surface area contributed by atoms with Crippen molar-refractivity contribution in [3.8, 4) is 0 Å². The van der Waals surface area contributed by atoms with Gasteiger partial charge in [0.1, 0.15) is 0 Å². The Morgan fingerprint density at radius 1 is 1.62 bits per heavy atom. The molecule has 21 heavy (non-hydrogen) atoms. The van der Waals surface area contributed by atoms with Gasteiger partial charge in [-0.2, -0.15) is 0 Å². The third kappa shape index (κ3) is 4.46. The van der Waals surface area contributed by atoms with Crippen molar-refractivity contribution in [2.75, 3.05) is 13.1 Å². The van der Waals surface area contributed by atoms with Crippen molar-refractivity contribution in [3.05, 3.63) is 47.5 Å². The molecule has 1 aliphatic rings.